The van der Waals surface area contributed by atoms with E-state index in [0.29, 0.717) is 17.1 Å². The highest BCUT2D eigenvalue weighted by Crippen LogP contribution is 2.45. The third kappa shape index (κ3) is 4.56. The number of carboxylic acid groups (broad SMARTS) is 1. The molecule has 0 aliphatic carbocycles. The number of carbonyl (C=O) groups is 3. The van der Waals surface area contributed by atoms with Crippen LogP contribution in [0.5, 0.6) is 11.5 Å². The molecule has 1 atom stereocenters. The Morgan fingerprint density at radius 1 is 0.944 bits per heavy atom. The van der Waals surface area contributed by atoms with Crippen LogP contribution < -0.4 is 14.4 Å². The molecule has 1 heterocycles. The average molecular weight is 485 g/mol. The smallest absolute Gasteiger partial charge is 0.335 e. The van der Waals surface area contributed by atoms with Crippen LogP contribution in [0, 0.1) is 0 Å². The third-order valence-electron chi connectivity index (χ3n) is 5.80. The van der Waals surface area contributed by atoms with Crippen LogP contribution in [0.1, 0.15) is 27.5 Å². The van der Waals surface area contributed by atoms with Gasteiger partial charge < -0.3 is 19.7 Å². The number of anilines is 1. The lowest BCUT2D eigenvalue weighted by Crippen LogP contribution is -2.31. The van der Waals surface area contributed by atoms with Gasteiger partial charge in [-0.05, 0) is 48.0 Å². The fraction of sp³-hybridized carbons (Fsp3) is 0.107. The number of hydrogen-bond donors (Lipinski definition) is 2. The molecule has 0 fully saturated rings. The van der Waals surface area contributed by atoms with Crippen molar-refractivity contribution in [2.24, 2.45) is 0 Å². The number of nitrogens with zero attached hydrogens (tertiary/aromatic N) is 1. The minimum absolute atomic E-state index is 0.0557. The average Bonchev–Trinajstić information content (AvgIpc) is 3.17. The molecule has 1 aliphatic heterocycles. The maximum atomic E-state index is 13.4. The number of carboxylic acids is 1. The summed E-state index contributed by atoms with van der Waals surface area (Å²) in [5.41, 5.74) is 1.11. The van der Waals surface area contributed by atoms with Crippen molar-refractivity contribution in [3.63, 3.8) is 0 Å². The Bertz CT molecular complexity index is 1390. The number of ether oxygens (including phenoxy) is 2. The maximum absolute atomic E-state index is 13.4. The van der Waals surface area contributed by atoms with Crippen LogP contribution in [0.2, 0.25) is 0 Å². The van der Waals surface area contributed by atoms with E-state index in [9.17, 15) is 24.6 Å². The molecule has 0 saturated heterocycles. The van der Waals surface area contributed by atoms with Crippen LogP contribution in [0.4, 0.5) is 5.69 Å². The van der Waals surface area contributed by atoms with Crippen LogP contribution in [-0.2, 0) is 9.59 Å². The Balaban J connectivity index is 1.89. The Morgan fingerprint density at radius 3 is 2.36 bits per heavy atom. The van der Waals surface area contributed by atoms with E-state index in [1.807, 2.05) is 30.3 Å². The molecule has 3 aromatic rings. The van der Waals surface area contributed by atoms with E-state index in [2.05, 4.69) is 0 Å². The zero-order valence-corrected chi connectivity index (χ0v) is 19.5. The number of aliphatic hydroxyl groups is 1. The first-order valence-electron chi connectivity index (χ1n) is 10.9. The quantitative estimate of drug-likeness (QED) is 0.449. The number of carbonyl (C=O) groups excluding carboxylic acids is 2. The van der Waals surface area contributed by atoms with Gasteiger partial charge in [-0.25, -0.2) is 4.79 Å². The van der Waals surface area contributed by atoms with Gasteiger partial charge >= 0.3 is 5.97 Å². The molecule has 0 aromatic heterocycles. The van der Waals surface area contributed by atoms with Gasteiger partial charge in [0.05, 0.1) is 31.4 Å². The molecule has 2 N–H and O–H groups in total. The van der Waals surface area contributed by atoms with Crippen molar-refractivity contribution in [1.82, 2.24) is 0 Å². The molecule has 182 valence electrons. The molecule has 8 nitrogen and oxygen atoms in total. The van der Waals surface area contributed by atoms with E-state index in [1.54, 1.807) is 24.3 Å². The lowest BCUT2D eigenvalue weighted by atomic mass is 9.94. The van der Waals surface area contributed by atoms with E-state index < -0.39 is 29.5 Å². The van der Waals surface area contributed by atoms with Gasteiger partial charge in [-0.1, -0.05) is 42.5 Å². The molecule has 1 aliphatic rings. The maximum Gasteiger partial charge on any atom is 0.335 e. The van der Waals surface area contributed by atoms with Gasteiger partial charge in [0, 0.05) is 11.3 Å². The topological polar surface area (TPSA) is 113 Å². The Hall–Kier alpha value is -4.85. The number of amides is 1. The molecule has 36 heavy (non-hydrogen) atoms. The molecular weight excluding hydrogens is 462 g/mol. The predicted molar refractivity (Wildman–Crippen MR) is 133 cm³/mol. The predicted octanol–water partition coefficient (Wildman–Crippen LogP) is 4.58. The van der Waals surface area contributed by atoms with Crippen LogP contribution in [0.15, 0.2) is 90.2 Å². The summed E-state index contributed by atoms with van der Waals surface area (Å²) >= 11 is 0. The largest absolute Gasteiger partial charge is 0.503 e. The molecule has 0 radical (unpaired) electrons. The number of hydrogen-bond acceptors (Lipinski definition) is 6. The number of benzene rings is 3. The van der Waals surface area contributed by atoms with Gasteiger partial charge in [-0.15, -0.1) is 0 Å². The highest BCUT2D eigenvalue weighted by atomic mass is 16.5. The lowest BCUT2D eigenvalue weighted by Gasteiger charge is -2.28. The normalized spacial score (nSPS) is 15.4. The van der Waals surface area contributed by atoms with Crippen molar-refractivity contribution in [2.45, 2.75) is 6.04 Å². The monoisotopic (exact) mass is 485 g/mol. The Labute approximate surface area is 207 Å². The van der Waals surface area contributed by atoms with Crippen molar-refractivity contribution in [3.05, 3.63) is 107 Å². The van der Waals surface area contributed by atoms with Crippen molar-refractivity contribution in [1.29, 1.82) is 0 Å². The number of methoxy groups -OCH3 is 2. The number of rotatable bonds is 8. The number of aliphatic hydroxyl groups excluding tert-OH is 1. The highest BCUT2D eigenvalue weighted by molar-refractivity contribution is 6.20. The first-order chi connectivity index (χ1) is 17.3. The molecular formula is C28H23NO7. The molecule has 0 spiro atoms. The molecule has 0 saturated carbocycles. The fourth-order valence-corrected chi connectivity index (χ4v) is 4.09. The second-order valence-electron chi connectivity index (χ2n) is 7.91. The van der Waals surface area contributed by atoms with Crippen molar-refractivity contribution in [3.8, 4) is 11.5 Å². The first kappa shape index (κ1) is 24.3. The zero-order chi connectivity index (χ0) is 25.8. The fourth-order valence-electron chi connectivity index (χ4n) is 4.09. The van der Waals surface area contributed by atoms with Gasteiger partial charge in [-0.2, -0.15) is 0 Å². The van der Waals surface area contributed by atoms with Gasteiger partial charge in [0.2, 0.25) is 0 Å². The summed E-state index contributed by atoms with van der Waals surface area (Å²) in [7, 11) is 2.92. The van der Waals surface area contributed by atoms with Crippen LogP contribution in [0.25, 0.3) is 6.08 Å². The Morgan fingerprint density at radius 2 is 1.69 bits per heavy atom. The zero-order valence-electron chi connectivity index (χ0n) is 19.5. The van der Waals surface area contributed by atoms with Gasteiger partial charge in [0.1, 0.15) is 11.5 Å². The molecule has 3 aromatic carbocycles. The molecule has 1 amide bonds. The van der Waals surface area contributed by atoms with Gasteiger partial charge in [0.15, 0.2) is 11.5 Å². The SMILES string of the molecule is COc1ccc(OC)c([C@@H]2C(C(=O)/C=C/c3ccccc3)=C(O)C(=O)N2c2cccc(C(=O)O)c2)c1. The van der Waals surface area contributed by atoms with Gasteiger partial charge in [-0.3, -0.25) is 14.5 Å². The minimum Gasteiger partial charge on any atom is -0.503 e. The third-order valence-corrected chi connectivity index (χ3v) is 5.80. The van der Waals surface area contributed by atoms with E-state index in [0.717, 1.165) is 5.56 Å². The van der Waals surface area contributed by atoms with Crippen molar-refractivity contribution in [2.75, 3.05) is 19.1 Å². The van der Waals surface area contributed by atoms with Crippen molar-refractivity contribution < 1.29 is 34.1 Å². The van der Waals surface area contributed by atoms with E-state index in [1.165, 1.54) is 49.5 Å². The summed E-state index contributed by atoms with van der Waals surface area (Å²) in [5, 5.41) is 20.4. The van der Waals surface area contributed by atoms with Crippen molar-refractivity contribution >= 4 is 29.4 Å². The lowest BCUT2D eigenvalue weighted by molar-refractivity contribution is -0.117. The van der Waals surface area contributed by atoms with E-state index in [4.69, 9.17) is 9.47 Å². The van der Waals surface area contributed by atoms with E-state index >= 15 is 0 Å². The summed E-state index contributed by atoms with van der Waals surface area (Å²) in [5.74, 6) is -2.55. The molecule has 8 heteroatoms. The number of aromatic carboxylic acids is 1. The summed E-state index contributed by atoms with van der Waals surface area (Å²) in [6.07, 6.45) is 2.87. The number of allylic oxidation sites excluding steroid dienone is 1. The van der Waals surface area contributed by atoms with Crippen LogP contribution >= 0.6 is 0 Å². The summed E-state index contributed by atoms with van der Waals surface area (Å²) in [4.78, 5) is 39.5. The number of ketones is 1. The second kappa shape index (κ2) is 10.2. The standard InChI is InChI=1S/C28H23NO7/c1-35-20-12-14-23(36-2)21(16-20)25-24(22(30)13-11-17-7-4-3-5-8-17)26(31)27(32)29(25)19-10-6-9-18(15-19)28(33)34/h3-16,25,31H,1-2H3,(H,33,34)/b13-11+/t25-/m1/s1. The van der Waals surface area contributed by atoms with Crippen LogP contribution in [-0.4, -0.2) is 42.1 Å². The minimum atomic E-state index is -1.18. The first-order valence-corrected chi connectivity index (χ1v) is 10.9. The van der Waals surface area contributed by atoms with Gasteiger partial charge in [0.25, 0.3) is 5.91 Å². The summed E-state index contributed by atoms with van der Waals surface area (Å²) < 4.78 is 10.9. The highest BCUT2D eigenvalue weighted by Gasteiger charge is 2.45. The summed E-state index contributed by atoms with van der Waals surface area (Å²) in [6.45, 7) is 0. The molecule has 4 rings (SSSR count). The van der Waals surface area contributed by atoms with E-state index in [-0.39, 0.29) is 16.8 Å². The molecule has 0 unspecified atom stereocenters. The van der Waals surface area contributed by atoms with Crippen LogP contribution in [0.3, 0.4) is 0 Å². The summed E-state index contributed by atoms with van der Waals surface area (Å²) in [6, 6.07) is 18.6. The second-order valence-corrected chi connectivity index (χ2v) is 7.91. The molecule has 0 bridgehead atoms. The Kier molecular flexibility index (Phi) is 6.87.